The van der Waals surface area contributed by atoms with Crippen LogP contribution in [0.2, 0.25) is 0 Å². The maximum atomic E-state index is 12.8. The summed E-state index contributed by atoms with van der Waals surface area (Å²) in [7, 11) is -3.34. The summed E-state index contributed by atoms with van der Waals surface area (Å²) in [6.45, 7) is 4.21. The van der Waals surface area contributed by atoms with Crippen LogP contribution in [0.25, 0.3) is 10.2 Å². The Bertz CT molecular complexity index is 1470. The van der Waals surface area contributed by atoms with E-state index in [9.17, 15) is 13.2 Å². The summed E-state index contributed by atoms with van der Waals surface area (Å²) in [5.74, 6) is 0.925. The first kappa shape index (κ1) is 21.7. The molecular weight excluding hydrogens is 444 g/mol. The van der Waals surface area contributed by atoms with Gasteiger partial charge in [0.1, 0.15) is 11.5 Å². The van der Waals surface area contributed by atoms with E-state index in [4.69, 9.17) is 4.74 Å². The first-order valence-corrected chi connectivity index (χ1v) is 12.4. The quantitative estimate of drug-likeness (QED) is 0.383. The zero-order valence-electron chi connectivity index (χ0n) is 17.3. The Morgan fingerprint density at radius 3 is 2.41 bits per heavy atom. The monoisotopic (exact) mass is 464 g/mol. The molecule has 4 rings (SSSR count). The van der Waals surface area contributed by atoms with Crippen LogP contribution in [-0.4, -0.2) is 25.1 Å². The third-order valence-electron chi connectivity index (χ3n) is 4.67. The number of sulfone groups is 1. The van der Waals surface area contributed by atoms with E-state index in [1.807, 2.05) is 34.9 Å². The lowest BCUT2D eigenvalue weighted by Gasteiger charge is -2.05. The minimum atomic E-state index is -3.34. The van der Waals surface area contributed by atoms with Crippen LogP contribution in [-0.2, 0) is 16.4 Å². The van der Waals surface area contributed by atoms with E-state index in [0.29, 0.717) is 28.4 Å². The second kappa shape index (κ2) is 8.94. The molecule has 0 unspecified atom stereocenters. The number of aromatic nitrogens is 1. The van der Waals surface area contributed by atoms with Gasteiger partial charge in [-0.05, 0) is 54.6 Å². The number of fused-ring (bicyclic) bond motifs is 1. The fourth-order valence-electron chi connectivity index (χ4n) is 3.12. The van der Waals surface area contributed by atoms with Crippen LogP contribution in [0.5, 0.6) is 11.5 Å². The predicted octanol–water partition coefficient (Wildman–Crippen LogP) is 4.83. The van der Waals surface area contributed by atoms with Gasteiger partial charge in [-0.15, -0.1) is 6.58 Å². The molecule has 0 N–H and O–H groups in total. The van der Waals surface area contributed by atoms with E-state index >= 15 is 0 Å². The first-order valence-electron chi connectivity index (χ1n) is 9.71. The Balaban J connectivity index is 1.67. The van der Waals surface area contributed by atoms with E-state index < -0.39 is 15.7 Å². The van der Waals surface area contributed by atoms with Gasteiger partial charge in [-0.3, -0.25) is 4.79 Å². The summed E-state index contributed by atoms with van der Waals surface area (Å²) in [6, 6.07) is 21.0. The average molecular weight is 465 g/mol. The zero-order valence-corrected chi connectivity index (χ0v) is 18.9. The summed E-state index contributed by atoms with van der Waals surface area (Å²) in [5, 5.41) is 0. The smallest absolute Gasteiger partial charge is 0.279 e. The van der Waals surface area contributed by atoms with Gasteiger partial charge >= 0.3 is 0 Å². The molecule has 0 saturated carbocycles. The lowest BCUT2D eigenvalue weighted by Crippen LogP contribution is -2.16. The number of nitrogens with zero attached hydrogens (tertiary/aromatic N) is 2. The molecule has 6 nitrogen and oxygen atoms in total. The SMILES string of the molecule is C=CCn1c(=NC(=O)c2ccc(Oc3ccccc3)cc2)sc2cc(S(C)(=O)=O)ccc21. The third-order valence-corrected chi connectivity index (χ3v) is 6.82. The average Bonchev–Trinajstić information content (AvgIpc) is 3.11. The van der Waals surface area contributed by atoms with Crippen LogP contribution in [0.15, 0.2) is 95.3 Å². The summed E-state index contributed by atoms with van der Waals surface area (Å²) < 4.78 is 32.1. The van der Waals surface area contributed by atoms with E-state index in [2.05, 4.69) is 11.6 Å². The second-order valence-corrected chi connectivity index (χ2v) is 10.1. The highest BCUT2D eigenvalue weighted by molar-refractivity contribution is 7.90. The number of hydrogen-bond acceptors (Lipinski definition) is 5. The van der Waals surface area contributed by atoms with Crippen molar-refractivity contribution in [3.8, 4) is 11.5 Å². The number of para-hydroxylation sites is 1. The highest BCUT2D eigenvalue weighted by Gasteiger charge is 2.13. The fourth-order valence-corrected chi connectivity index (χ4v) is 4.92. The van der Waals surface area contributed by atoms with Crippen molar-refractivity contribution in [1.29, 1.82) is 0 Å². The van der Waals surface area contributed by atoms with Crippen molar-refractivity contribution >= 4 is 37.3 Å². The molecule has 8 heteroatoms. The summed E-state index contributed by atoms with van der Waals surface area (Å²) in [4.78, 5) is 17.8. The van der Waals surface area contributed by atoms with E-state index in [-0.39, 0.29) is 4.90 Å². The Kier molecular flexibility index (Phi) is 6.07. The third kappa shape index (κ3) is 4.71. The van der Waals surface area contributed by atoms with Gasteiger partial charge in [0.2, 0.25) is 0 Å². The van der Waals surface area contributed by atoms with Gasteiger partial charge in [-0.1, -0.05) is 35.6 Å². The molecule has 4 aromatic rings. The highest BCUT2D eigenvalue weighted by Crippen LogP contribution is 2.23. The van der Waals surface area contributed by atoms with Crippen molar-refractivity contribution in [3.05, 3.63) is 95.8 Å². The van der Waals surface area contributed by atoms with Gasteiger partial charge in [-0.25, -0.2) is 8.42 Å². The molecule has 32 heavy (non-hydrogen) atoms. The van der Waals surface area contributed by atoms with Gasteiger partial charge in [0, 0.05) is 18.4 Å². The minimum Gasteiger partial charge on any atom is -0.457 e. The van der Waals surface area contributed by atoms with Gasteiger partial charge in [0.15, 0.2) is 14.6 Å². The Morgan fingerprint density at radius 1 is 1.06 bits per heavy atom. The number of benzene rings is 3. The zero-order chi connectivity index (χ0) is 22.7. The van der Waals surface area contributed by atoms with Crippen LogP contribution in [0.1, 0.15) is 10.4 Å². The maximum Gasteiger partial charge on any atom is 0.279 e. The van der Waals surface area contributed by atoms with Crippen molar-refractivity contribution in [2.75, 3.05) is 6.26 Å². The summed E-state index contributed by atoms with van der Waals surface area (Å²) in [6.07, 6.45) is 2.87. The first-order chi connectivity index (χ1) is 15.3. The molecule has 0 aliphatic carbocycles. The number of rotatable bonds is 6. The number of thiazole rings is 1. The lowest BCUT2D eigenvalue weighted by molar-refractivity contribution is 0.0998. The van der Waals surface area contributed by atoms with Gasteiger partial charge < -0.3 is 9.30 Å². The van der Waals surface area contributed by atoms with Crippen molar-refractivity contribution in [1.82, 2.24) is 4.57 Å². The summed E-state index contributed by atoms with van der Waals surface area (Å²) in [5.41, 5.74) is 1.21. The lowest BCUT2D eigenvalue weighted by atomic mass is 10.2. The van der Waals surface area contributed by atoms with Crippen molar-refractivity contribution in [2.24, 2.45) is 4.99 Å². The Morgan fingerprint density at radius 2 is 1.75 bits per heavy atom. The molecule has 1 heterocycles. The number of ether oxygens (including phenoxy) is 1. The van der Waals surface area contributed by atoms with E-state index in [1.54, 1.807) is 48.5 Å². The van der Waals surface area contributed by atoms with Crippen LogP contribution >= 0.6 is 11.3 Å². The van der Waals surface area contributed by atoms with Crippen LogP contribution in [0.4, 0.5) is 0 Å². The van der Waals surface area contributed by atoms with E-state index in [0.717, 1.165) is 10.2 Å². The van der Waals surface area contributed by atoms with Gasteiger partial charge in [-0.2, -0.15) is 4.99 Å². The van der Waals surface area contributed by atoms with Gasteiger partial charge in [0.05, 0.1) is 15.1 Å². The molecule has 1 aromatic heterocycles. The molecular formula is C24H20N2O4S2. The number of carbonyl (C=O) groups is 1. The number of hydrogen-bond donors (Lipinski definition) is 0. The van der Waals surface area contributed by atoms with Crippen molar-refractivity contribution < 1.29 is 17.9 Å². The molecule has 162 valence electrons. The van der Waals surface area contributed by atoms with Crippen molar-refractivity contribution in [3.63, 3.8) is 0 Å². The molecule has 0 bridgehead atoms. The topological polar surface area (TPSA) is 77.7 Å². The van der Waals surface area contributed by atoms with Crippen LogP contribution in [0.3, 0.4) is 0 Å². The Labute approximate surface area is 189 Å². The molecule has 0 aliphatic rings. The molecule has 0 spiro atoms. The highest BCUT2D eigenvalue weighted by atomic mass is 32.2. The summed E-state index contributed by atoms with van der Waals surface area (Å²) >= 11 is 1.26. The van der Waals surface area contributed by atoms with Crippen LogP contribution < -0.4 is 9.54 Å². The minimum absolute atomic E-state index is 0.226. The molecule has 0 saturated heterocycles. The van der Waals surface area contributed by atoms with Crippen molar-refractivity contribution in [2.45, 2.75) is 11.4 Å². The number of amides is 1. The van der Waals surface area contributed by atoms with Crippen LogP contribution in [0, 0.1) is 0 Å². The van der Waals surface area contributed by atoms with Gasteiger partial charge in [0.25, 0.3) is 5.91 Å². The molecule has 0 atom stereocenters. The predicted molar refractivity (Wildman–Crippen MR) is 126 cm³/mol. The second-order valence-electron chi connectivity index (χ2n) is 7.04. The molecule has 1 amide bonds. The molecule has 0 radical (unpaired) electrons. The fraction of sp³-hybridized carbons (Fsp3) is 0.0833. The van der Waals surface area contributed by atoms with E-state index in [1.165, 1.54) is 17.6 Å². The number of carbonyl (C=O) groups excluding carboxylic acids is 1. The standard InChI is InChI=1S/C24H20N2O4S2/c1-3-15-26-21-14-13-20(32(2,28)29)16-22(21)31-24(26)25-23(27)17-9-11-19(12-10-17)30-18-7-5-4-6-8-18/h3-14,16H,1,15H2,2H3. The largest absolute Gasteiger partial charge is 0.457 e. The number of allylic oxidation sites excluding steroid dienone is 1. The molecule has 3 aromatic carbocycles. The normalized spacial score (nSPS) is 12.1. The maximum absolute atomic E-state index is 12.8. The molecule has 0 fully saturated rings. The Hall–Kier alpha value is -3.49. The molecule has 0 aliphatic heterocycles.